The van der Waals surface area contributed by atoms with Gasteiger partial charge >= 0.3 is 6.18 Å². The number of halogens is 3. The fourth-order valence-electron chi connectivity index (χ4n) is 3.93. The number of anilines is 2. The minimum Gasteiger partial charge on any atom is -0.396 e. The summed E-state index contributed by atoms with van der Waals surface area (Å²) in [7, 11) is 0. The molecule has 0 bridgehead atoms. The van der Waals surface area contributed by atoms with Crippen LogP contribution in [-0.4, -0.2) is 39.6 Å². The summed E-state index contributed by atoms with van der Waals surface area (Å²) in [5, 5.41) is 11.9. The van der Waals surface area contributed by atoms with Crippen LogP contribution in [-0.2, 0) is 17.5 Å². The molecule has 4 rings (SSSR count). The molecule has 2 aromatic carbocycles. The van der Waals surface area contributed by atoms with E-state index in [-0.39, 0.29) is 24.0 Å². The predicted octanol–water partition coefficient (Wildman–Crippen LogP) is 4.21. The van der Waals surface area contributed by atoms with Crippen molar-refractivity contribution in [1.29, 1.82) is 0 Å². The van der Waals surface area contributed by atoms with Gasteiger partial charge in [-0.25, -0.2) is 4.98 Å². The lowest BCUT2D eigenvalue weighted by Crippen LogP contribution is -2.35. The number of piperidine rings is 1. The largest absolute Gasteiger partial charge is 0.416 e. The summed E-state index contributed by atoms with van der Waals surface area (Å²) in [6.45, 7) is 0.878. The molecule has 2 heterocycles. The SMILES string of the molecule is O=C(Nc1nc2cc(N3CCCCC3=O)ccc2n1CCCO)c1cccc(C(F)(F)F)c1. The van der Waals surface area contributed by atoms with E-state index < -0.39 is 17.6 Å². The lowest BCUT2D eigenvalue weighted by molar-refractivity contribution is -0.137. The molecule has 174 valence electrons. The highest BCUT2D eigenvalue weighted by atomic mass is 19.4. The molecular weight excluding hydrogens is 437 g/mol. The Labute approximate surface area is 187 Å². The van der Waals surface area contributed by atoms with Gasteiger partial charge in [-0.2, -0.15) is 13.2 Å². The first-order chi connectivity index (χ1) is 15.8. The van der Waals surface area contributed by atoms with Crippen molar-refractivity contribution in [3.05, 3.63) is 53.6 Å². The molecule has 3 aromatic rings. The number of alkyl halides is 3. The molecule has 2 amide bonds. The number of nitrogens with one attached hydrogen (secondary N) is 1. The van der Waals surface area contributed by atoms with E-state index in [0.29, 0.717) is 42.7 Å². The summed E-state index contributed by atoms with van der Waals surface area (Å²) in [5.41, 5.74) is 0.846. The molecule has 2 N–H and O–H groups in total. The lowest BCUT2D eigenvalue weighted by Gasteiger charge is -2.26. The minimum atomic E-state index is -4.56. The second-order valence-electron chi connectivity index (χ2n) is 7.87. The van der Waals surface area contributed by atoms with Gasteiger partial charge in [0.05, 0.1) is 16.6 Å². The first kappa shape index (κ1) is 22.8. The van der Waals surface area contributed by atoms with E-state index in [0.717, 1.165) is 25.0 Å². The van der Waals surface area contributed by atoms with Gasteiger partial charge in [0.25, 0.3) is 5.91 Å². The first-order valence-electron chi connectivity index (χ1n) is 10.7. The van der Waals surface area contributed by atoms with Crippen molar-refractivity contribution >= 4 is 34.5 Å². The third kappa shape index (κ3) is 4.85. The van der Waals surface area contributed by atoms with Crippen molar-refractivity contribution in [2.24, 2.45) is 0 Å². The zero-order chi connectivity index (χ0) is 23.6. The highest BCUT2D eigenvalue weighted by Gasteiger charge is 2.31. The highest BCUT2D eigenvalue weighted by Crippen LogP contribution is 2.30. The van der Waals surface area contributed by atoms with Crippen LogP contribution >= 0.6 is 0 Å². The first-order valence-corrected chi connectivity index (χ1v) is 10.7. The molecule has 1 fully saturated rings. The van der Waals surface area contributed by atoms with E-state index in [4.69, 9.17) is 0 Å². The Kier molecular flexibility index (Phi) is 6.37. The van der Waals surface area contributed by atoms with Crippen molar-refractivity contribution < 1.29 is 27.9 Å². The van der Waals surface area contributed by atoms with Crippen molar-refractivity contribution in [1.82, 2.24) is 9.55 Å². The Hall–Kier alpha value is -3.40. The summed E-state index contributed by atoms with van der Waals surface area (Å²) >= 11 is 0. The van der Waals surface area contributed by atoms with Crippen LogP contribution < -0.4 is 10.2 Å². The highest BCUT2D eigenvalue weighted by molar-refractivity contribution is 6.04. The molecule has 1 aliphatic rings. The van der Waals surface area contributed by atoms with Gasteiger partial charge < -0.3 is 14.6 Å². The topological polar surface area (TPSA) is 87.5 Å². The van der Waals surface area contributed by atoms with Crippen LogP contribution in [0.4, 0.5) is 24.8 Å². The number of aliphatic hydroxyl groups excluding tert-OH is 1. The summed E-state index contributed by atoms with van der Waals surface area (Å²) < 4.78 is 40.8. The number of hydrogen-bond acceptors (Lipinski definition) is 4. The van der Waals surface area contributed by atoms with E-state index in [1.165, 1.54) is 12.1 Å². The van der Waals surface area contributed by atoms with Gasteiger partial charge in [-0.15, -0.1) is 0 Å². The van der Waals surface area contributed by atoms with Gasteiger partial charge in [0.15, 0.2) is 0 Å². The number of aliphatic hydroxyl groups is 1. The molecule has 1 aliphatic heterocycles. The summed E-state index contributed by atoms with van der Waals surface area (Å²) in [6.07, 6.45) is -1.91. The Morgan fingerprint density at radius 1 is 1.15 bits per heavy atom. The fourth-order valence-corrected chi connectivity index (χ4v) is 3.93. The molecule has 0 saturated carbocycles. The predicted molar refractivity (Wildman–Crippen MR) is 117 cm³/mol. The van der Waals surface area contributed by atoms with Crippen molar-refractivity contribution in [3.63, 3.8) is 0 Å². The molecule has 0 unspecified atom stereocenters. The maximum absolute atomic E-state index is 13.0. The number of aryl methyl sites for hydroxylation is 1. The monoisotopic (exact) mass is 460 g/mol. The Morgan fingerprint density at radius 2 is 1.97 bits per heavy atom. The smallest absolute Gasteiger partial charge is 0.396 e. The van der Waals surface area contributed by atoms with Gasteiger partial charge in [-0.1, -0.05) is 6.07 Å². The number of imidazole rings is 1. The van der Waals surface area contributed by atoms with Gasteiger partial charge in [0.1, 0.15) is 0 Å². The zero-order valence-corrected chi connectivity index (χ0v) is 17.7. The van der Waals surface area contributed by atoms with Gasteiger partial charge in [0, 0.05) is 37.4 Å². The molecule has 1 aromatic heterocycles. The van der Waals surface area contributed by atoms with E-state index in [1.807, 2.05) is 0 Å². The lowest BCUT2D eigenvalue weighted by atomic mass is 10.1. The number of hydrogen-bond donors (Lipinski definition) is 2. The number of rotatable bonds is 6. The van der Waals surface area contributed by atoms with Crippen LogP contribution in [0.5, 0.6) is 0 Å². The number of carbonyl (C=O) groups excluding carboxylic acids is 2. The summed E-state index contributed by atoms with van der Waals surface area (Å²) in [6, 6.07) is 9.51. The third-order valence-corrected chi connectivity index (χ3v) is 5.58. The van der Waals surface area contributed by atoms with Crippen LogP contribution in [0.25, 0.3) is 11.0 Å². The maximum atomic E-state index is 13.0. The minimum absolute atomic E-state index is 0.0402. The average molecular weight is 460 g/mol. The fraction of sp³-hybridized carbons (Fsp3) is 0.348. The van der Waals surface area contributed by atoms with Gasteiger partial charge in [-0.05, 0) is 55.7 Å². The van der Waals surface area contributed by atoms with E-state index in [2.05, 4.69) is 10.3 Å². The van der Waals surface area contributed by atoms with E-state index in [9.17, 15) is 27.9 Å². The van der Waals surface area contributed by atoms with Crippen LogP contribution in [0.15, 0.2) is 42.5 Å². The number of amides is 2. The van der Waals surface area contributed by atoms with Crippen molar-refractivity contribution in [3.8, 4) is 0 Å². The maximum Gasteiger partial charge on any atom is 0.416 e. The van der Waals surface area contributed by atoms with Crippen LogP contribution in [0, 0.1) is 0 Å². The quantitative estimate of drug-likeness (QED) is 0.577. The number of benzene rings is 2. The second-order valence-corrected chi connectivity index (χ2v) is 7.87. The number of carbonyl (C=O) groups is 2. The molecule has 33 heavy (non-hydrogen) atoms. The zero-order valence-electron chi connectivity index (χ0n) is 17.7. The molecule has 0 atom stereocenters. The third-order valence-electron chi connectivity index (χ3n) is 5.58. The summed E-state index contributed by atoms with van der Waals surface area (Å²) in [4.78, 5) is 31.2. The van der Waals surface area contributed by atoms with Crippen molar-refractivity contribution in [2.75, 3.05) is 23.4 Å². The summed E-state index contributed by atoms with van der Waals surface area (Å²) in [5.74, 6) is -0.533. The number of fused-ring (bicyclic) bond motifs is 1. The molecule has 7 nitrogen and oxygen atoms in total. The standard InChI is InChI=1S/C23H23F3N4O3/c24-23(25,26)16-6-3-5-15(13-16)21(33)28-22-27-18-14-17(29-10-2-1-7-20(29)32)8-9-19(18)30(22)11-4-12-31/h3,5-6,8-9,13-14,31H,1-2,4,7,10-12H2,(H,27,28,33). The second kappa shape index (κ2) is 9.22. The van der Waals surface area contributed by atoms with Gasteiger partial charge in [-0.3, -0.25) is 14.9 Å². The number of aromatic nitrogens is 2. The van der Waals surface area contributed by atoms with Crippen molar-refractivity contribution in [2.45, 2.75) is 38.4 Å². The molecule has 10 heteroatoms. The molecule has 1 saturated heterocycles. The Balaban J connectivity index is 1.67. The Morgan fingerprint density at radius 3 is 2.70 bits per heavy atom. The molecule has 0 aliphatic carbocycles. The van der Waals surface area contributed by atoms with Gasteiger partial charge in [0.2, 0.25) is 11.9 Å². The van der Waals surface area contributed by atoms with Crippen LogP contribution in [0.2, 0.25) is 0 Å². The molecule has 0 spiro atoms. The normalized spacial score (nSPS) is 14.7. The van der Waals surface area contributed by atoms with E-state index in [1.54, 1.807) is 27.7 Å². The van der Waals surface area contributed by atoms with E-state index >= 15 is 0 Å². The molecule has 0 radical (unpaired) electrons. The molecular formula is C23H23F3N4O3. The number of nitrogens with zero attached hydrogens (tertiary/aromatic N) is 3. The average Bonchev–Trinajstić information content (AvgIpc) is 3.13. The van der Waals surface area contributed by atoms with Crippen LogP contribution in [0.1, 0.15) is 41.6 Å². The van der Waals surface area contributed by atoms with Crippen LogP contribution in [0.3, 0.4) is 0 Å². The Bertz CT molecular complexity index is 1190.